The molecule has 1 heterocycles. The van der Waals surface area contributed by atoms with Gasteiger partial charge in [-0.25, -0.2) is 9.67 Å². The molecule has 0 radical (unpaired) electrons. The van der Waals surface area contributed by atoms with Crippen molar-refractivity contribution in [3.05, 3.63) is 42.0 Å². The molecule has 0 spiro atoms. The average Bonchev–Trinajstić information content (AvgIpc) is 2.85. The van der Waals surface area contributed by atoms with Gasteiger partial charge in [0.05, 0.1) is 18.2 Å². The van der Waals surface area contributed by atoms with Gasteiger partial charge in [0.15, 0.2) is 0 Å². The van der Waals surface area contributed by atoms with Gasteiger partial charge in [0.2, 0.25) is 0 Å². The standard InChI is InChI=1S/C13H15N5/c1-10(2)18-13(16-9-17-18)8-15-12-5-3-11(7-14)4-6-12/h3-6,9-10,15H,8H2,1-2H3. The normalized spacial score (nSPS) is 10.3. The molecule has 18 heavy (non-hydrogen) atoms. The molecule has 0 atom stereocenters. The number of anilines is 1. The van der Waals surface area contributed by atoms with E-state index in [-0.39, 0.29) is 0 Å². The van der Waals surface area contributed by atoms with Crippen LogP contribution in [0.25, 0.3) is 0 Å². The number of hydrogen-bond donors (Lipinski definition) is 1. The molecular weight excluding hydrogens is 226 g/mol. The summed E-state index contributed by atoms with van der Waals surface area (Å²) in [5.74, 6) is 0.898. The van der Waals surface area contributed by atoms with Crippen LogP contribution in [0.1, 0.15) is 31.3 Å². The number of aromatic nitrogens is 3. The molecule has 0 aliphatic carbocycles. The first kappa shape index (κ1) is 12.1. The minimum atomic E-state index is 0.297. The van der Waals surface area contributed by atoms with E-state index >= 15 is 0 Å². The summed E-state index contributed by atoms with van der Waals surface area (Å²) in [6.07, 6.45) is 1.57. The van der Waals surface area contributed by atoms with Crippen molar-refractivity contribution in [1.82, 2.24) is 14.8 Å². The Morgan fingerprint density at radius 3 is 2.67 bits per heavy atom. The predicted octanol–water partition coefficient (Wildman–Crippen LogP) is 2.34. The second-order valence-electron chi connectivity index (χ2n) is 4.26. The lowest BCUT2D eigenvalue weighted by Gasteiger charge is -2.10. The highest BCUT2D eigenvalue weighted by molar-refractivity contribution is 5.47. The van der Waals surface area contributed by atoms with E-state index in [1.54, 1.807) is 18.5 Å². The van der Waals surface area contributed by atoms with Gasteiger partial charge in [-0.05, 0) is 38.1 Å². The lowest BCUT2D eigenvalue weighted by Crippen LogP contribution is -2.11. The summed E-state index contributed by atoms with van der Waals surface area (Å²) in [6.45, 7) is 4.75. The van der Waals surface area contributed by atoms with Crippen LogP contribution in [-0.4, -0.2) is 14.8 Å². The maximum atomic E-state index is 8.71. The Kier molecular flexibility index (Phi) is 3.58. The highest BCUT2D eigenvalue weighted by Gasteiger charge is 2.06. The first-order valence-corrected chi connectivity index (χ1v) is 5.83. The van der Waals surface area contributed by atoms with E-state index in [2.05, 4.69) is 35.3 Å². The van der Waals surface area contributed by atoms with Crippen molar-refractivity contribution in [2.45, 2.75) is 26.4 Å². The number of nitriles is 1. The molecule has 0 unspecified atom stereocenters. The van der Waals surface area contributed by atoms with Crippen LogP contribution in [0.4, 0.5) is 5.69 Å². The molecule has 2 aromatic rings. The van der Waals surface area contributed by atoms with Gasteiger partial charge in [-0.2, -0.15) is 10.4 Å². The third-order valence-corrected chi connectivity index (χ3v) is 2.60. The van der Waals surface area contributed by atoms with Crippen molar-refractivity contribution in [2.24, 2.45) is 0 Å². The minimum Gasteiger partial charge on any atom is -0.378 e. The summed E-state index contributed by atoms with van der Waals surface area (Å²) in [4.78, 5) is 4.22. The molecule has 1 N–H and O–H groups in total. The third kappa shape index (κ3) is 2.66. The molecule has 5 nitrogen and oxygen atoms in total. The Hall–Kier alpha value is -2.35. The molecule has 0 amide bonds. The summed E-state index contributed by atoms with van der Waals surface area (Å²) >= 11 is 0. The largest absolute Gasteiger partial charge is 0.378 e. The zero-order valence-corrected chi connectivity index (χ0v) is 10.5. The van der Waals surface area contributed by atoms with Crippen LogP contribution in [0.15, 0.2) is 30.6 Å². The van der Waals surface area contributed by atoms with Gasteiger partial charge < -0.3 is 5.32 Å². The van der Waals surface area contributed by atoms with E-state index in [4.69, 9.17) is 5.26 Å². The summed E-state index contributed by atoms with van der Waals surface area (Å²) in [5, 5.41) is 16.2. The van der Waals surface area contributed by atoms with Gasteiger partial charge in [0.1, 0.15) is 12.2 Å². The number of hydrogen-bond acceptors (Lipinski definition) is 4. The topological polar surface area (TPSA) is 66.5 Å². The fraction of sp³-hybridized carbons (Fsp3) is 0.308. The molecule has 0 bridgehead atoms. The van der Waals surface area contributed by atoms with Crippen molar-refractivity contribution in [3.63, 3.8) is 0 Å². The fourth-order valence-corrected chi connectivity index (χ4v) is 1.68. The first-order valence-electron chi connectivity index (χ1n) is 5.83. The maximum Gasteiger partial charge on any atom is 0.146 e. The molecule has 0 saturated heterocycles. The first-order chi connectivity index (χ1) is 8.70. The van der Waals surface area contributed by atoms with Crippen LogP contribution in [0.5, 0.6) is 0 Å². The van der Waals surface area contributed by atoms with Gasteiger partial charge in [0, 0.05) is 11.7 Å². The Morgan fingerprint density at radius 1 is 1.33 bits per heavy atom. The highest BCUT2D eigenvalue weighted by atomic mass is 15.3. The molecule has 2 rings (SSSR count). The summed E-state index contributed by atoms with van der Waals surface area (Å²) in [7, 11) is 0. The predicted molar refractivity (Wildman–Crippen MR) is 68.9 cm³/mol. The van der Waals surface area contributed by atoms with E-state index in [9.17, 15) is 0 Å². The zero-order valence-electron chi connectivity index (χ0n) is 10.5. The Balaban J connectivity index is 2.02. The van der Waals surface area contributed by atoms with Gasteiger partial charge in [0.25, 0.3) is 0 Å². The minimum absolute atomic E-state index is 0.297. The van der Waals surface area contributed by atoms with E-state index in [1.807, 2.05) is 16.8 Å². The van der Waals surface area contributed by atoms with Gasteiger partial charge in [-0.1, -0.05) is 0 Å². The van der Waals surface area contributed by atoms with Crippen LogP contribution in [0.3, 0.4) is 0 Å². The summed E-state index contributed by atoms with van der Waals surface area (Å²) in [6, 6.07) is 9.73. The lowest BCUT2D eigenvalue weighted by molar-refractivity contribution is 0.509. The molecule has 0 fully saturated rings. The molecular formula is C13H15N5. The molecule has 92 valence electrons. The number of rotatable bonds is 4. The monoisotopic (exact) mass is 241 g/mol. The second-order valence-corrected chi connectivity index (χ2v) is 4.26. The number of nitrogens with one attached hydrogen (secondary N) is 1. The quantitative estimate of drug-likeness (QED) is 0.892. The second kappa shape index (κ2) is 5.32. The average molecular weight is 241 g/mol. The number of benzene rings is 1. The number of nitrogens with zero attached hydrogens (tertiary/aromatic N) is 4. The van der Waals surface area contributed by atoms with Crippen molar-refractivity contribution < 1.29 is 0 Å². The van der Waals surface area contributed by atoms with E-state index < -0.39 is 0 Å². The maximum absolute atomic E-state index is 8.71. The molecule has 0 aliphatic heterocycles. The van der Waals surface area contributed by atoms with E-state index in [0.717, 1.165) is 11.5 Å². The van der Waals surface area contributed by atoms with Crippen molar-refractivity contribution in [3.8, 4) is 6.07 Å². The van der Waals surface area contributed by atoms with Gasteiger partial charge >= 0.3 is 0 Å². The lowest BCUT2D eigenvalue weighted by atomic mass is 10.2. The van der Waals surface area contributed by atoms with Gasteiger partial charge in [-0.3, -0.25) is 0 Å². The zero-order chi connectivity index (χ0) is 13.0. The van der Waals surface area contributed by atoms with Crippen molar-refractivity contribution in [1.29, 1.82) is 5.26 Å². The van der Waals surface area contributed by atoms with Crippen LogP contribution in [0.2, 0.25) is 0 Å². The van der Waals surface area contributed by atoms with E-state index in [1.165, 1.54) is 0 Å². The fourth-order valence-electron chi connectivity index (χ4n) is 1.68. The Morgan fingerprint density at radius 2 is 2.06 bits per heavy atom. The van der Waals surface area contributed by atoms with Crippen LogP contribution >= 0.6 is 0 Å². The summed E-state index contributed by atoms with van der Waals surface area (Å²) < 4.78 is 1.89. The van der Waals surface area contributed by atoms with Gasteiger partial charge in [-0.15, -0.1) is 0 Å². The van der Waals surface area contributed by atoms with Crippen LogP contribution in [-0.2, 0) is 6.54 Å². The Bertz CT molecular complexity index is 548. The third-order valence-electron chi connectivity index (χ3n) is 2.60. The highest BCUT2D eigenvalue weighted by Crippen LogP contribution is 2.11. The molecule has 1 aromatic carbocycles. The van der Waals surface area contributed by atoms with Crippen molar-refractivity contribution in [2.75, 3.05) is 5.32 Å². The Labute approximate surface area is 106 Å². The molecule has 0 aliphatic rings. The van der Waals surface area contributed by atoms with Crippen molar-refractivity contribution >= 4 is 5.69 Å². The SMILES string of the molecule is CC(C)n1ncnc1CNc1ccc(C#N)cc1. The van der Waals surface area contributed by atoms with Crippen LogP contribution in [0, 0.1) is 11.3 Å². The smallest absolute Gasteiger partial charge is 0.146 e. The van der Waals surface area contributed by atoms with Crippen LogP contribution < -0.4 is 5.32 Å². The van der Waals surface area contributed by atoms with E-state index in [0.29, 0.717) is 18.2 Å². The summed E-state index contributed by atoms with van der Waals surface area (Å²) in [5.41, 5.74) is 1.62. The molecule has 0 saturated carbocycles. The molecule has 1 aromatic heterocycles. The molecule has 5 heteroatoms.